The zero-order valence-corrected chi connectivity index (χ0v) is 34.2. The van der Waals surface area contributed by atoms with Crippen LogP contribution in [-0.2, 0) is 25.4 Å². The molecular weight excluding hydrogens is 693 g/mol. The molecule has 2 aliphatic carbocycles. The molecule has 2 atom stereocenters. The molecule has 0 radical (unpaired) electrons. The fraction of sp³-hybridized carbons (Fsp3) is 0.550. The van der Waals surface area contributed by atoms with Crippen molar-refractivity contribution in [3.63, 3.8) is 0 Å². The summed E-state index contributed by atoms with van der Waals surface area (Å²) in [5.41, 5.74) is -0.0693. The van der Waals surface area contributed by atoms with E-state index in [0.29, 0.717) is 24.4 Å². The highest BCUT2D eigenvalue weighted by atomic mass is 32.2. The van der Waals surface area contributed by atoms with Gasteiger partial charge >= 0.3 is 0 Å². The summed E-state index contributed by atoms with van der Waals surface area (Å²) in [5.74, 6) is 2.34. The van der Waals surface area contributed by atoms with Gasteiger partial charge in [0.15, 0.2) is 0 Å². The van der Waals surface area contributed by atoms with Crippen LogP contribution in [0.3, 0.4) is 0 Å². The number of H-pyrrole nitrogens is 1. The molecule has 2 saturated carbocycles. The number of fused-ring (bicyclic) bond motifs is 1. The number of amides is 3. The largest absolute Gasteiger partial charge is 0.497 e. The number of ether oxygens (including phenoxy) is 1. The summed E-state index contributed by atoms with van der Waals surface area (Å²) >= 11 is 0. The van der Waals surface area contributed by atoms with Crippen LogP contribution in [-0.4, -0.2) is 87.8 Å². The smallest absolute Gasteiger partial charge is 0.255 e. The van der Waals surface area contributed by atoms with Crippen molar-refractivity contribution in [1.29, 1.82) is 0 Å². The van der Waals surface area contributed by atoms with Crippen LogP contribution in [0.4, 0.5) is 0 Å². The summed E-state index contributed by atoms with van der Waals surface area (Å²) in [4.78, 5) is 51.9. The standard InChI is InChI=1S/C16H28N4O2.C10H9NO2.C4H7NO2S.C4H10.C2H6.C2H4.C2H2/c1-4-19(5-2)12(3)17-11-15(21)20-10-6-7-14(20)16(22)18-13-8-9-13;1-13-8-2-3-9-7(6-8)4-5-11-10(9)12;6-3-5-8(7)4-1-2-4;1-4(2)3;3*1-2/h13-14,17H,3-11H2,1-2H3,(H,18,22);2-6H,1H3,(H,11,12);3-4H,1-2H2,(H,5,6);4H,1-3H3;1-2H3;1-2H2;1-2H/t14-;;;;;;/m0....../s1. The molecule has 1 saturated heterocycles. The Morgan fingerprint density at radius 2 is 1.66 bits per heavy atom. The SMILES string of the molecule is C#C.C=C.C=C(NCC(=O)N1CCC[C@H]1C(=O)NC1CC1)N(CC)CC.CC.CC(C)C.COc1ccc2c(=O)[nH]ccc2c1.O=CNS(=O)C1CC1. The number of aromatic nitrogens is 1. The van der Waals surface area contributed by atoms with E-state index in [9.17, 15) is 23.4 Å². The quantitative estimate of drug-likeness (QED) is 0.126. The number of terminal acetylenes is 1. The summed E-state index contributed by atoms with van der Waals surface area (Å²) in [6.07, 6.45) is 15.9. The van der Waals surface area contributed by atoms with Gasteiger partial charge in [-0.25, -0.2) is 4.21 Å². The second-order valence-corrected chi connectivity index (χ2v) is 13.7. The fourth-order valence-corrected chi connectivity index (χ4v) is 5.43. The number of pyridine rings is 1. The summed E-state index contributed by atoms with van der Waals surface area (Å²) in [7, 11) is 0.527. The predicted octanol–water partition coefficient (Wildman–Crippen LogP) is 5.49. The zero-order valence-electron chi connectivity index (χ0n) is 33.4. The molecule has 298 valence electrons. The number of nitrogens with zero attached hydrogens (tertiary/aromatic N) is 2. The maximum atomic E-state index is 12.4. The zero-order chi connectivity index (χ0) is 40.9. The van der Waals surface area contributed by atoms with E-state index in [1.54, 1.807) is 30.3 Å². The highest BCUT2D eigenvalue weighted by Crippen LogP contribution is 2.24. The molecule has 1 aromatic heterocycles. The van der Waals surface area contributed by atoms with Crippen molar-refractivity contribution in [3.8, 4) is 18.6 Å². The average Bonchev–Trinajstić information content (AvgIpc) is 4.12. The number of carbonyl (C=O) groups excluding carboxylic acids is 3. The van der Waals surface area contributed by atoms with Crippen LogP contribution in [0.15, 0.2) is 60.8 Å². The van der Waals surface area contributed by atoms with Gasteiger partial charge in [0, 0.05) is 37.3 Å². The number of nitrogens with one attached hydrogen (secondary N) is 4. The normalized spacial score (nSPS) is 15.3. The summed E-state index contributed by atoms with van der Waals surface area (Å²) in [6.45, 7) is 27.1. The lowest BCUT2D eigenvalue weighted by Crippen LogP contribution is -2.49. The van der Waals surface area contributed by atoms with Gasteiger partial charge in [-0.1, -0.05) is 41.2 Å². The number of benzene rings is 1. The monoisotopic (exact) mass is 758 g/mol. The Morgan fingerprint density at radius 3 is 2.15 bits per heavy atom. The van der Waals surface area contributed by atoms with E-state index < -0.39 is 11.0 Å². The lowest BCUT2D eigenvalue weighted by atomic mass is 10.2. The van der Waals surface area contributed by atoms with Gasteiger partial charge in [0.05, 0.1) is 24.7 Å². The molecule has 1 aliphatic heterocycles. The van der Waals surface area contributed by atoms with E-state index >= 15 is 0 Å². The van der Waals surface area contributed by atoms with Crippen LogP contribution in [0.25, 0.3) is 10.8 Å². The molecule has 53 heavy (non-hydrogen) atoms. The van der Waals surface area contributed by atoms with Crippen molar-refractivity contribution >= 4 is 40.0 Å². The second kappa shape index (κ2) is 29.9. The second-order valence-electron chi connectivity index (χ2n) is 12.2. The van der Waals surface area contributed by atoms with E-state index in [0.717, 1.165) is 74.5 Å². The van der Waals surface area contributed by atoms with Gasteiger partial charge in [-0.2, -0.15) is 0 Å². The molecule has 3 amide bonds. The minimum Gasteiger partial charge on any atom is -0.497 e. The van der Waals surface area contributed by atoms with Crippen molar-refractivity contribution in [3.05, 3.63) is 66.4 Å². The van der Waals surface area contributed by atoms with E-state index in [-0.39, 0.29) is 35.2 Å². The van der Waals surface area contributed by atoms with Gasteiger partial charge in [0.1, 0.15) is 22.8 Å². The third kappa shape index (κ3) is 20.9. The number of likely N-dealkylation sites (tertiary alicyclic amines) is 1. The van der Waals surface area contributed by atoms with Crippen LogP contribution >= 0.6 is 0 Å². The fourth-order valence-electron chi connectivity index (χ4n) is 4.58. The number of rotatable bonds is 12. The predicted molar refractivity (Wildman–Crippen MR) is 220 cm³/mol. The maximum absolute atomic E-state index is 12.4. The molecule has 2 heterocycles. The number of hydrogen-bond acceptors (Lipinski definition) is 8. The maximum Gasteiger partial charge on any atom is 0.255 e. The van der Waals surface area contributed by atoms with Crippen LogP contribution in [0.5, 0.6) is 5.75 Å². The van der Waals surface area contributed by atoms with Gasteiger partial charge in [-0.15, -0.1) is 26.0 Å². The molecule has 0 spiro atoms. The van der Waals surface area contributed by atoms with Gasteiger partial charge in [-0.3, -0.25) is 23.9 Å². The Balaban J connectivity index is 0. The van der Waals surface area contributed by atoms with Gasteiger partial charge in [0.2, 0.25) is 18.2 Å². The number of aromatic amines is 1. The van der Waals surface area contributed by atoms with Crippen molar-refractivity contribution in [2.24, 2.45) is 5.92 Å². The van der Waals surface area contributed by atoms with E-state index in [1.807, 2.05) is 26.0 Å². The van der Waals surface area contributed by atoms with Crippen LogP contribution in [0.2, 0.25) is 0 Å². The lowest BCUT2D eigenvalue weighted by molar-refractivity contribution is -0.137. The summed E-state index contributed by atoms with van der Waals surface area (Å²) in [6, 6.07) is 7.26. The molecule has 1 aromatic carbocycles. The first kappa shape index (κ1) is 50.5. The van der Waals surface area contributed by atoms with Crippen molar-refractivity contribution in [1.82, 2.24) is 30.1 Å². The molecule has 3 fully saturated rings. The van der Waals surface area contributed by atoms with Crippen LogP contribution in [0.1, 0.15) is 87.0 Å². The van der Waals surface area contributed by atoms with E-state index in [1.165, 1.54) is 0 Å². The number of hydrogen-bond donors (Lipinski definition) is 4. The molecule has 3 aliphatic rings. The first-order chi connectivity index (χ1) is 25.4. The molecule has 1 unspecified atom stereocenters. The third-order valence-electron chi connectivity index (χ3n) is 7.36. The Bertz CT molecular complexity index is 1450. The summed E-state index contributed by atoms with van der Waals surface area (Å²) < 4.78 is 17.8. The topological polar surface area (TPSA) is 153 Å². The number of carbonyl (C=O) groups is 3. The molecular formula is C40H66N6O6S. The minimum atomic E-state index is -1.08. The lowest BCUT2D eigenvalue weighted by Gasteiger charge is -2.27. The van der Waals surface area contributed by atoms with Crippen LogP contribution in [0, 0.1) is 18.8 Å². The van der Waals surface area contributed by atoms with Crippen molar-refractivity contribution < 1.29 is 23.3 Å². The highest BCUT2D eigenvalue weighted by molar-refractivity contribution is 7.84. The minimum absolute atomic E-state index is 0.0101. The Hall–Kier alpha value is -4.57. The summed E-state index contributed by atoms with van der Waals surface area (Å²) in [5, 5.41) is 7.91. The van der Waals surface area contributed by atoms with Gasteiger partial charge < -0.3 is 30.2 Å². The van der Waals surface area contributed by atoms with Crippen molar-refractivity contribution in [2.45, 2.75) is 104 Å². The van der Waals surface area contributed by atoms with Crippen molar-refractivity contribution in [2.75, 3.05) is 33.3 Å². The Labute approximate surface area is 321 Å². The molecule has 4 N–H and O–H groups in total. The third-order valence-corrected chi connectivity index (χ3v) is 8.77. The first-order valence-corrected chi connectivity index (χ1v) is 19.5. The highest BCUT2D eigenvalue weighted by Gasteiger charge is 2.36. The van der Waals surface area contributed by atoms with E-state index in [2.05, 4.69) is 92.4 Å². The molecule has 12 nitrogen and oxygen atoms in total. The number of methoxy groups -OCH3 is 1. The molecule has 13 heteroatoms. The Kier molecular flexibility index (Phi) is 28.6. The van der Waals surface area contributed by atoms with E-state index in [4.69, 9.17) is 4.74 Å². The van der Waals surface area contributed by atoms with Crippen LogP contribution < -0.4 is 25.7 Å². The Morgan fingerprint density at radius 1 is 1.08 bits per heavy atom. The van der Waals surface area contributed by atoms with Gasteiger partial charge in [-0.05, 0) is 87.9 Å². The first-order valence-electron chi connectivity index (χ1n) is 18.3. The van der Waals surface area contributed by atoms with Gasteiger partial charge in [0.25, 0.3) is 5.56 Å². The average molecular weight is 759 g/mol. The molecule has 0 bridgehead atoms. The molecule has 5 rings (SSSR count). The molecule has 2 aromatic rings.